The molecule has 0 bridgehead atoms. The van der Waals surface area contributed by atoms with Crippen molar-refractivity contribution < 1.29 is 9.63 Å². The third-order valence-electron chi connectivity index (χ3n) is 2.81. The SMILES string of the molecule is O[C@@H]1CN[C@@H](c2nc(-c3cncc(Br)c3)no2)C1. The molecule has 0 aliphatic carbocycles. The molecule has 2 N–H and O–H groups in total. The minimum atomic E-state index is -0.349. The second-order valence-corrected chi connectivity index (χ2v) is 5.11. The molecule has 0 amide bonds. The number of hydrogen-bond acceptors (Lipinski definition) is 6. The maximum atomic E-state index is 9.45. The summed E-state index contributed by atoms with van der Waals surface area (Å²) in [7, 11) is 0. The van der Waals surface area contributed by atoms with Crippen molar-refractivity contribution in [2.45, 2.75) is 18.6 Å². The number of pyridine rings is 1. The predicted octanol–water partition coefficient (Wildman–Crippen LogP) is 1.29. The van der Waals surface area contributed by atoms with Gasteiger partial charge in [-0.15, -0.1) is 0 Å². The predicted molar refractivity (Wildman–Crippen MR) is 66.6 cm³/mol. The molecule has 6 nitrogen and oxygen atoms in total. The second kappa shape index (κ2) is 4.75. The Morgan fingerprint density at radius 3 is 3.06 bits per heavy atom. The number of β-amino-alcohol motifs (C(OH)–C–C–N with tert-alkyl or cyclic N) is 1. The summed E-state index contributed by atoms with van der Waals surface area (Å²) in [6, 6.07) is 1.81. The van der Waals surface area contributed by atoms with E-state index in [9.17, 15) is 5.11 Å². The first-order chi connectivity index (χ1) is 8.72. The van der Waals surface area contributed by atoms with E-state index in [0.29, 0.717) is 24.7 Å². The topological polar surface area (TPSA) is 84.1 Å². The second-order valence-electron chi connectivity index (χ2n) is 4.20. The van der Waals surface area contributed by atoms with Crippen molar-refractivity contribution in [1.82, 2.24) is 20.4 Å². The average molecular weight is 311 g/mol. The molecule has 0 saturated carbocycles. The lowest BCUT2D eigenvalue weighted by atomic mass is 10.2. The van der Waals surface area contributed by atoms with E-state index in [4.69, 9.17) is 4.52 Å². The molecule has 0 aromatic carbocycles. The Bertz CT molecular complexity index is 559. The van der Waals surface area contributed by atoms with Gasteiger partial charge in [-0.05, 0) is 28.4 Å². The minimum Gasteiger partial charge on any atom is -0.392 e. The summed E-state index contributed by atoms with van der Waals surface area (Å²) in [5.74, 6) is 1.00. The molecule has 0 spiro atoms. The van der Waals surface area contributed by atoms with E-state index >= 15 is 0 Å². The summed E-state index contributed by atoms with van der Waals surface area (Å²) in [5.41, 5.74) is 0.790. The van der Waals surface area contributed by atoms with Crippen LogP contribution in [0.15, 0.2) is 27.5 Å². The fraction of sp³-hybridized carbons (Fsp3) is 0.364. The quantitative estimate of drug-likeness (QED) is 0.869. The Morgan fingerprint density at radius 1 is 1.44 bits per heavy atom. The van der Waals surface area contributed by atoms with Crippen LogP contribution in [0, 0.1) is 0 Å². The van der Waals surface area contributed by atoms with Crippen LogP contribution >= 0.6 is 15.9 Å². The first-order valence-corrected chi connectivity index (χ1v) is 6.37. The Morgan fingerprint density at radius 2 is 2.33 bits per heavy atom. The van der Waals surface area contributed by atoms with Crippen LogP contribution in [0.2, 0.25) is 0 Å². The van der Waals surface area contributed by atoms with Gasteiger partial charge in [0.05, 0.1) is 12.1 Å². The van der Waals surface area contributed by atoms with Crippen LogP contribution in [0.4, 0.5) is 0 Å². The van der Waals surface area contributed by atoms with Crippen molar-refractivity contribution in [3.05, 3.63) is 28.8 Å². The van der Waals surface area contributed by atoms with Crippen LogP contribution < -0.4 is 5.32 Å². The highest BCUT2D eigenvalue weighted by atomic mass is 79.9. The van der Waals surface area contributed by atoms with E-state index in [1.54, 1.807) is 12.4 Å². The van der Waals surface area contributed by atoms with Gasteiger partial charge in [-0.2, -0.15) is 4.98 Å². The summed E-state index contributed by atoms with van der Waals surface area (Å²) in [5, 5.41) is 16.5. The van der Waals surface area contributed by atoms with E-state index in [1.165, 1.54) is 0 Å². The molecule has 2 aromatic rings. The zero-order chi connectivity index (χ0) is 12.5. The van der Waals surface area contributed by atoms with Gasteiger partial charge in [0, 0.05) is 29.0 Å². The van der Waals surface area contributed by atoms with Crippen LogP contribution in [0.3, 0.4) is 0 Å². The molecule has 1 aliphatic rings. The third kappa shape index (κ3) is 2.29. The Kier molecular flexibility index (Phi) is 3.11. The van der Waals surface area contributed by atoms with Crippen LogP contribution in [0.5, 0.6) is 0 Å². The lowest BCUT2D eigenvalue weighted by Crippen LogP contribution is -2.15. The molecule has 1 fully saturated rings. The molecule has 3 heterocycles. The number of nitrogens with zero attached hydrogens (tertiary/aromatic N) is 3. The molecule has 94 valence electrons. The maximum absolute atomic E-state index is 9.45. The van der Waals surface area contributed by atoms with Crippen LogP contribution in [-0.4, -0.2) is 32.9 Å². The number of rotatable bonds is 2. The molecule has 2 atom stereocenters. The molecule has 3 rings (SSSR count). The van der Waals surface area contributed by atoms with Crippen molar-refractivity contribution in [1.29, 1.82) is 0 Å². The van der Waals surface area contributed by atoms with Gasteiger partial charge in [0.25, 0.3) is 0 Å². The van der Waals surface area contributed by atoms with Gasteiger partial charge in [-0.25, -0.2) is 0 Å². The fourth-order valence-corrected chi connectivity index (χ4v) is 2.30. The molecule has 0 radical (unpaired) electrons. The summed E-state index contributed by atoms with van der Waals surface area (Å²) in [6.45, 7) is 0.556. The van der Waals surface area contributed by atoms with Crippen LogP contribution in [-0.2, 0) is 0 Å². The summed E-state index contributed by atoms with van der Waals surface area (Å²) in [6.07, 6.45) is 3.62. The molecule has 7 heteroatoms. The molecule has 2 aromatic heterocycles. The van der Waals surface area contributed by atoms with Crippen LogP contribution in [0.1, 0.15) is 18.4 Å². The number of nitrogens with one attached hydrogen (secondary N) is 1. The van der Waals surface area contributed by atoms with Gasteiger partial charge in [0.2, 0.25) is 11.7 Å². The average Bonchev–Trinajstić information content (AvgIpc) is 2.97. The van der Waals surface area contributed by atoms with E-state index < -0.39 is 0 Å². The highest BCUT2D eigenvalue weighted by Gasteiger charge is 2.28. The van der Waals surface area contributed by atoms with Crippen molar-refractivity contribution in [3.8, 4) is 11.4 Å². The maximum Gasteiger partial charge on any atom is 0.244 e. The highest BCUT2D eigenvalue weighted by Crippen LogP contribution is 2.25. The van der Waals surface area contributed by atoms with Gasteiger partial charge in [0.1, 0.15) is 0 Å². The molecule has 1 aliphatic heterocycles. The number of aromatic nitrogens is 3. The lowest BCUT2D eigenvalue weighted by Gasteiger charge is -2.01. The van der Waals surface area contributed by atoms with Crippen molar-refractivity contribution >= 4 is 15.9 Å². The van der Waals surface area contributed by atoms with E-state index in [2.05, 4.69) is 36.4 Å². The first-order valence-electron chi connectivity index (χ1n) is 5.58. The van der Waals surface area contributed by atoms with Gasteiger partial charge in [0.15, 0.2) is 0 Å². The molecule has 1 saturated heterocycles. The fourth-order valence-electron chi connectivity index (χ4n) is 1.93. The molecule has 0 unspecified atom stereocenters. The highest BCUT2D eigenvalue weighted by molar-refractivity contribution is 9.10. The first kappa shape index (κ1) is 11.8. The number of aliphatic hydroxyl groups is 1. The summed E-state index contributed by atoms with van der Waals surface area (Å²) < 4.78 is 6.08. The molecule has 18 heavy (non-hydrogen) atoms. The third-order valence-corrected chi connectivity index (χ3v) is 3.24. The molecular formula is C11H11BrN4O2. The van der Waals surface area contributed by atoms with Gasteiger partial charge in [-0.1, -0.05) is 5.16 Å². The Balaban J connectivity index is 1.85. The standard InChI is InChI=1S/C11H11BrN4O2/c12-7-1-6(3-13-4-7)10-15-11(18-16-10)9-2-8(17)5-14-9/h1,3-4,8-9,14,17H,2,5H2/t8-,9+/m0/s1. The number of aliphatic hydroxyl groups excluding tert-OH is 1. The van der Waals surface area contributed by atoms with Gasteiger partial charge in [-0.3, -0.25) is 4.98 Å². The summed E-state index contributed by atoms with van der Waals surface area (Å²) in [4.78, 5) is 8.38. The molecular weight excluding hydrogens is 300 g/mol. The van der Waals surface area contributed by atoms with E-state index in [1.807, 2.05) is 6.07 Å². The van der Waals surface area contributed by atoms with Crippen molar-refractivity contribution in [2.24, 2.45) is 0 Å². The zero-order valence-electron chi connectivity index (χ0n) is 9.38. The number of hydrogen-bond donors (Lipinski definition) is 2. The lowest BCUT2D eigenvalue weighted by molar-refractivity contribution is 0.191. The number of halogens is 1. The van der Waals surface area contributed by atoms with E-state index in [0.717, 1.165) is 10.0 Å². The largest absolute Gasteiger partial charge is 0.392 e. The van der Waals surface area contributed by atoms with Crippen molar-refractivity contribution in [2.75, 3.05) is 6.54 Å². The summed E-state index contributed by atoms with van der Waals surface area (Å²) >= 11 is 3.35. The Labute approximate surface area is 112 Å². The Hall–Kier alpha value is -1.31. The minimum absolute atomic E-state index is 0.0682. The normalized spacial score (nSPS) is 23.4. The van der Waals surface area contributed by atoms with Gasteiger partial charge < -0.3 is 14.9 Å². The van der Waals surface area contributed by atoms with Crippen LogP contribution in [0.25, 0.3) is 11.4 Å². The van der Waals surface area contributed by atoms with E-state index in [-0.39, 0.29) is 12.1 Å². The smallest absolute Gasteiger partial charge is 0.244 e. The van der Waals surface area contributed by atoms with Gasteiger partial charge >= 0.3 is 0 Å². The monoisotopic (exact) mass is 310 g/mol. The zero-order valence-corrected chi connectivity index (χ0v) is 11.0. The van der Waals surface area contributed by atoms with Crippen molar-refractivity contribution in [3.63, 3.8) is 0 Å².